The van der Waals surface area contributed by atoms with Gasteiger partial charge in [0, 0.05) is 13.1 Å². The summed E-state index contributed by atoms with van der Waals surface area (Å²) in [5.41, 5.74) is 2.13. The number of anilines is 1. The van der Waals surface area contributed by atoms with Gasteiger partial charge in [-0.3, -0.25) is 0 Å². The van der Waals surface area contributed by atoms with Crippen LogP contribution >= 0.6 is 0 Å². The van der Waals surface area contributed by atoms with E-state index in [1.165, 1.54) is 12.8 Å². The van der Waals surface area contributed by atoms with Gasteiger partial charge >= 0.3 is 0 Å². The average molecular weight is 277 g/mol. The van der Waals surface area contributed by atoms with Gasteiger partial charge in [0.25, 0.3) is 0 Å². The van der Waals surface area contributed by atoms with E-state index in [0.717, 1.165) is 62.3 Å². The lowest BCUT2D eigenvalue weighted by atomic mass is 9.98. The van der Waals surface area contributed by atoms with Crippen molar-refractivity contribution in [2.45, 2.75) is 46.5 Å². The molecule has 1 saturated heterocycles. The number of hydrogen-bond donors (Lipinski definition) is 1. The van der Waals surface area contributed by atoms with Crippen molar-refractivity contribution in [3.8, 4) is 0 Å². The van der Waals surface area contributed by atoms with Crippen LogP contribution in [0.2, 0.25) is 0 Å². The van der Waals surface area contributed by atoms with Crippen LogP contribution in [0.3, 0.4) is 0 Å². The van der Waals surface area contributed by atoms with Crippen molar-refractivity contribution < 1.29 is 0 Å². The molecule has 0 unspecified atom stereocenters. The first-order valence-electron chi connectivity index (χ1n) is 7.96. The van der Waals surface area contributed by atoms with E-state index in [4.69, 9.17) is 4.98 Å². The summed E-state index contributed by atoms with van der Waals surface area (Å²) in [5.74, 6) is 1.55. The third-order valence-corrected chi connectivity index (χ3v) is 4.10. The van der Waals surface area contributed by atoms with Gasteiger partial charge in [-0.05, 0) is 51.6 Å². The molecule has 1 aromatic heterocycles. The highest BCUT2D eigenvalue weighted by Gasteiger charge is 2.19. The molecule has 2 rings (SSSR count). The van der Waals surface area contributed by atoms with Gasteiger partial charge < -0.3 is 10.2 Å². The topological polar surface area (TPSA) is 53.9 Å². The highest BCUT2D eigenvalue weighted by atomic mass is 15.3. The summed E-state index contributed by atoms with van der Waals surface area (Å²) < 4.78 is 0. The van der Waals surface area contributed by atoms with Gasteiger partial charge in [0.15, 0.2) is 0 Å². The summed E-state index contributed by atoms with van der Waals surface area (Å²) in [6, 6.07) is 0. The lowest BCUT2D eigenvalue weighted by Gasteiger charge is -2.29. The van der Waals surface area contributed by atoms with E-state index < -0.39 is 0 Å². The first-order chi connectivity index (χ1) is 9.78. The van der Waals surface area contributed by atoms with Crippen molar-refractivity contribution >= 4 is 5.95 Å². The van der Waals surface area contributed by atoms with E-state index in [1.807, 2.05) is 0 Å². The number of nitrogens with zero attached hydrogens (tertiary/aromatic N) is 4. The molecule has 0 radical (unpaired) electrons. The second kappa shape index (κ2) is 7.53. The zero-order valence-corrected chi connectivity index (χ0v) is 13.0. The predicted octanol–water partition coefficient (Wildman–Crippen LogP) is 1.82. The zero-order chi connectivity index (χ0) is 14.4. The summed E-state index contributed by atoms with van der Waals surface area (Å²) in [7, 11) is 0. The van der Waals surface area contributed by atoms with Crippen molar-refractivity contribution in [3.05, 3.63) is 11.4 Å². The van der Waals surface area contributed by atoms with Crippen LogP contribution in [-0.2, 0) is 12.8 Å². The summed E-state index contributed by atoms with van der Waals surface area (Å²) in [6.07, 6.45) is 4.33. The van der Waals surface area contributed by atoms with Gasteiger partial charge in [0.1, 0.15) is 0 Å². The Hall–Kier alpha value is -1.23. The monoisotopic (exact) mass is 277 g/mol. The first-order valence-corrected chi connectivity index (χ1v) is 7.96. The second-order valence-corrected chi connectivity index (χ2v) is 5.44. The first kappa shape index (κ1) is 15.2. The third kappa shape index (κ3) is 3.66. The van der Waals surface area contributed by atoms with Crippen LogP contribution in [-0.4, -0.2) is 41.4 Å². The standard InChI is InChI=1S/C15H27N5/c1-4-13-14(5-2)18-19-15(17-13)20(6-3)11-12-7-9-16-10-8-12/h12,16H,4-11H2,1-3H3. The SMILES string of the molecule is CCc1nnc(N(CC)CC2CCNCC2)nc1CC. The van der Waals surface area contributed by atoms with Crippen LogP contribution in [0, 0.1) is 5.92 Å². The lowest BCUT2D eigenvalue weighted by Crippen LogP contribution is -2.37. The Kier molecular flexibility index (Phi) is 5.71. The Morgan fingerprint density at radius 2 is 1.75 bits per heavy atom. The number of rotatable bonds is 6. The fraction of sp³-hybridized carbons (Fsp3) is 0.800. The molecule has 0 atom stereocenters. The number of nitrogens with one attached hydrogen (secondary N) is 1. The molecule has 2 heterocycles. The zero-order valence-electron chi connectivity index (χ0n) is 13.0. The molecule has 20 heavy (non-hydrogen) atoms. The van der Waals surface area contributed by atoms with Crippen molar-refractivity contribution in [3.63, 3.8) is 0 Å². The van der Waals surface area contributed by atoms with Gasteiger partial charge in [-0.2, -0.15) is 5.10 Å². The maximum Gasteiger partial charge on any atom is 0.245 e. The van der Waals surface area contributed by atoms with E-state index in [9.17, 15) is 0 Å². The maximum atomic E-state index is 4.74. The van der Waals surface area contributed by atoms with E-state index >= 15 is 0 Å². The van der Waals surface area contributed by atoms with Gasteiger partial charge in [0.2, 0.25) is 5.95 Å². The fourth-order valence-electron chi connectivity index (χ4n) is 2.79. The van der Waals surface area contributed by atoms with Gasteiger partial charge in [-0.1, -0.05) is 13.8 Å². The summed E-state index contributed by atoms with van der Waals surface area (Å²) in [4.78, 5) is 7.01. The molecular weight excluding hydrogens is 250 g/mol. The van der Waals surface area contributed by atoms with Crippen molar-refractivity contribution in [2.75, 3.05) is 31.1 Å². The molecular formula is C15H27N5. The van der Waals surface area contributed by atoms with Crippen molar-refractivity contribution in [2.24, 2.45) is 5.92 Å². The second-order valence-electron chi connectivity index (χ2n) is 5.44. The van der Waals surface area contributed by atoms with Gasteiger partial charge in [0.05, 0.1) is 11.4 Å². The molecule has 1 aliphatic rings. The Bertz CT molecular complexity index is 415. The van der Waals surface area contributed by atoms with Gasteiger partial charge in [-0.15, -0.1) is 5.10 Å². The minimum atomic E-state index is 0.746. The molecule has 0 saturated carbocycles. The Morgan fingerprint density at radius 1 is 1.05 bits per heavy atom. The highest BCUT2D eigenvalue weighted by molar-refractivity contribution is 5.30. The molecule has 0 aromatic carbocycles. The molecule has 1 aromatic rings. The molecule has 1 aliphatic heterocycles. The highest BCUT2D eigenvalue weighted by Crippen LogP contribution is 2.17. The molecule has 112 valence electrons. The van der Waals surface area contributed by atoms with E-state index in [-0.39, 0.29) is 0 Å². The molecule has 0 aliphatic carbocycles. The summed E-state index contributed by atoms with van der Waals surface area (Å²) in [5, 5.41) is 12.1. The van der Waals surface area contributed by atoms with Crippen LogP contribution in [0.4, 0.5) is 5.95 Å². The largest absolute Gasteiger partial charge is 0.340 e. The van der Waals surface area contributed by atoms with Crippen molar-refractivity contribution in [1.29, 1.82) is 0 Å². The van der Waals surface area contributed by atoms with E-state index in [2.05, 4.69) is 41.2 Å². The van der Waals surface area contributed by atoms with Crippen molar-refractivity contribution in [1.82, 2.24) is 20.5 Å². The molecule has 0 bridgehead atoms. The fourth-order valence-corrected chi connectivity index (χ4v) is 2.79. The number of aryl methyl sites for hydroxylation is 2. The Labute approximate surface area is 122 Å². The van der Waals surface area contributed by atoms with E-state index in [0.29, 0.717) is 0 Å². The average Bonchev–Trinajstić information content (AvgIpc) is 2.53. The molecule has 5 nitrogen and oxygen atoms in total. The Balaban J connectivity index is 2.09. The van der Waals surface area contributed by atoms with Gasteiger partial charge in [-0.25, -0.2) is 4.98 Å². The molecule has 5 heteroatoms. The molecule has 0 amide bonds. The number of piperidine rings is 1. The summed E-state index contributed by atoms with van der Waals surface area (Å²) in [6.45, 7) is 10.7. The van der Waals surface area contributed by atoms with E-state index in [1.54, 1.807) is 0 Å². The quantitative estimate of drug-likeness (QED) is 0.859. The van der Waals surface area contributed by atoms with Crippen LogP contribution in [0.5, 0.6) is 0 Å². The molecule has 1 N–H and O–H groups in total. The van der Waals surface area contributed by atoms with Crippen LogP contribution in [0.25, 0.3) is 0 Å². The van der Waals surface area contributed by atoms with Crippen LogP contribution in [0.1, 0.15) is 45.0 Å². The Morgan fingerprint density at radius 3 is 2.35 bits per heavy atom. The normalized spacial score (nSPS) is 16.4. The van der Waals surface area contributed by atoms with Crippen LogP contribution < -0.4 is 10.2 Å². The number of hydrogen-bond acceptors (Lipinski definition) is 5. The number of aromatic nitrogens is 3. The lowest BCUT2D eigenvalue weighted by molar-refractivity contribution is 0.373. The minimum absolute atomic E-state index is 0.746. The maximum absolute atomic E-state index is 4.74. The summed E-state index contributed by atoms with van der Waals surface area (Å²) >= 11 is 0. The van der Waals surface area contributed by atoms with Crippen LogP contribution in [0.15, 0.2) is 0 Å². The predicted molar refractivity (Wildman–Crippen MR) is 82.1 cm³/mol. The molecule has 0 spiro atoms. The third-order valence-electron chi connectivity index (χ3n) is 4.10. The smallest absolute Gasteiger partial charge is 0.245 e. The molecule has 1 fully saturated rings. The minimum Gasteiger partial charge on any atom is -0.340 e.